The zero-order valence-corrected chi connectivity index (χ0v) is 11.7. The fourth-order valence-corrected chi connectivity index (χ4v) is 5.41. The van der Waals surface area contributed by atoms with E-state index in [1.165, 1.54) is 10.3 Å². The molecule has 1 aromatic rings. The Morgan fingerprint density at radius 3 is 2.81 bits per heavy atom. The number of carbonyl (C=O) groups is 1. The summed E-state index contributed by atoms with van der Waals surface area (Å²) in [5.41, 5.74) is 1.99. The summed E-state index contributed by atoms with van der Waals surface area (Å²) in [4.78, 5) is 29.3. The largest absolute Gasteiger partial charge is 0.300 e. The smallest absolute Gasteiger partial charge is 0.260 e. The number of rotatable bonds is 0. The highest BCUT2D eigenvalue weighted by molar-refractivity contribution is 5.83. The van der Waals surface area contributed by atoms with Crippen molar-refractivity contribution in [3.8, 4) is 0 Å². The fourth-order valence-electron chi connectivity index (χ4n) is 5.41. The second-order valence-electron chi connectivity index (χ2n) is 6.93. The van der Waals surface area contributed by atoms with E-state index in [0.29, 0.717) is 36.4 Å². The highest BCUT2D eigenvalue weighted by atomic mass is 16.3. The quantitative estimate of drug-likeness (QED) is 0.686. The molecule has 4 heteroatoms. The van der Waals surface area contributed by atoms with Gasteiger partial charge in [-0.2, -0.15) is 0 Å². The third-order valence-electron chi connectivity index (χ3n) is 6.13. The van der Waals surface area contributed by atoms with Gasteiger partial charge in [-0.25, -0.2) is 0 Å². The molecule has 2 saturated carbocycles. The predicted octanol–water partition coefficient (Wildman–Crippen LogP) is 2.49. The van der Waals surface area contributed by atoms with Crippen LogP contribution in [0.1, 0.15) is 24.3 Å². The van der Waals surface area contributed by atoms with Crippen molar-refractivity contribution in [2.24, 2.45) is 28.7 Å². The molecule has 2 heterocycles. The first kappa shape index (κ1) is 11.8. The van der Waals surface area contributed by atoms with E-state index in [-0.39, 0.29) is 17.9 Å². The number of nitrogens with zero attached hydrogens (tertiary/aromatic N) is 2. The van der Waals surface area contributed by atoms with E-state index in [2.05, 4.69) is 17.3 Å². The van der Waals surface area contributed by atoms with Gasteiger partial charge in [-0.15, -0.1) is 0 Å². The summed E-state index contributed by atoms with van der Waals surface area (Å²) in [6, 6.07) is 7.92. The number of ketones is 1. The average molecular weight is 281 g/mol. The van der Waals surface area contributed by atoms with E-state index in [1.807, 2.05) is 18.2 Å². The van der Waals surface area contributed by atoms with Crippen LogP contribution in [0.5, 0.6) is 0 Å². The van der Waals surface area contributed by atoms with E-state index in [1.54, 1.807) is 0 Å². The number of nitroso groups, excluding NO2 is 1. The van der Waals surface area contributed by atoms with Crippen molar-refractivity contribution in [1.82, 2.24) is 0 Å². The maximum atomic E-state index is 12.8. The number of para-hydroxylation sites is 1. The SMILES string of the molecule is O=C1CC2C3C=NCC3C3c4ccccc4[N+](=O)C3C2C1. The van der Waals surface area contributed by atoms with Crippen molar-refractivity contribution >= 4 is 17.7 Å². The van der Waals surface area contributed by atoms with Gasteiger partial charge in [0.2, 0.25) is 6.04 Å². The number of Topliss-reactive ketones (excluding diaryl/α,β-unsaturated/α-hetero) is 1. The molecule has 106 valence electrons. The van der Waals surface area contributed by atoms with E-state index in [0.717, 1.165) is 12.2 Å². The minimum Gasteiger partial charge on any atom is -0.300 e. The molecule has 0 saturated heterocycles. The van der Waals surface area contributed by atoms with Crippen LogP contribution in [0.15, 0.2) is 29.3 Å². The Bertz CT molecular complexity index is 696. The molecule has 0 spiro atoms. The van der Waals surface area contributed by atoms with Gasteiger partial charge in [0.1, 0.15) is 5.78 Å². The van der Waals surface area contributed by atoms with Crippen LogP contribution in [0.2, 0.25) is 0 Å². The summed E-state index contributed by atoms with van der Waals surface area (Å²) in [6.07, 6.45) is 3.30. The minimum atomic E-state index is -0.0539. The summed E-state index contributed by atoms with van der Waals surface area (Å²) >= 11 is 0. The van der Waals surface area contributed by atoms with Gasteiger partial charge in [0.15, 0.2) is 0 Å². The van der Waals surface area contributed by atoms with Crippen molar-refractivity contribution in [2.75, 3.05) is 6.54 Å². The van der Waals surface area contributed by atoms with Gasteiger partial charge < -0.3 is 0 Å². The standard InChI is InChI=1S/C17H17N2O2/c20-9-5-11-12(6-9)17-16(14-8-18-7-13(11)14)10-3-1-2-4-15(10)19(17)21/h1-4,7,11-14,16-17H,5-6,8H2/q+1. The third-order valence-corrected chi connectivity index (χ3v) is 6.13. The van der Waals surface area contributed by atoms with Gasteiger partial charge >= 0.3 is 0 Å². The Hall–Kier alpha value is -1.84. The summed E-state index contributed by atoms with van der Waals surface area (Å²) in [7, 11) is 0. The first-order valence-corrected chi connectivity index (χ1v) is 7.82. The van der Waals surface area contributed by atoms with Crippen molar-refractivity contribution in [3.05, 3.63) is 34.7 Å². The van der Waals surface area contributed by atoms with Crippen LogP contribution >= 0.6 is 0 Å². The minimum absolute atomic E-state index is 0.0539. The van der Waals surface area contributed by atoms with Crippen molar-refractivity contribution < 1.29 is 9.55 Å². The lowest BCUT2D eigenvalue weighted by Gasteiger charge is -2.38. The predicted molar refractivity (Wildman–Crippen MR) is 77.8 cm³/mol. The molecule has 0 amide bonds. The first-order valence-electron chi connectivity index (χ1n) is 7.82. The lowest BCUT2D eigenvalue weighted by molar-refractivity contribution is -0.515. The van der Waals surface area contributed by atoms with E-state index in [9.17, 15) is 9.70 Å². The number of carbonyl (C=O) groups excluding carboxylic acids is 1. The lowest BCUT2D eigenvalue weighted by Crippen LogP contribution is -2.46. The van der Waals surface area contributed by atoms with Crippen molar-refractivity contribution in [2.45, 2.75) is 24.8 Å². The molecular weight excluding hydrogens is 264 g/mol. The van der Waals surface area contributed by atoms with Crippen LogP contribution in [0.4, 0.5) is 5.69 Å². The van der Waals surface area contributed by atoms with E-state index in [4.69, 9.17) is 0 Å². The Morgan fingerprint density at radius 2 is 1.90 bits per heavy atom. The molecule has 4 aliphatic rings. The number of hydrogen-bond acceptors (Lipinski definition) is 3. The van der Waals surface area contributed by atoms with Crippen LogP contribution in [0, 0.1) is 28.6 Å². The summed E-state index contributed by atoms with van der Waals surface area (Å²) < 4.78 is 1.21. The van der Waals surface area contributed by atoms with Crippen LogP contribution in [0.25, 0.3) is 0 Å². The number of hydrogen-bond donors (Lipinski definition) is 0. The van der Waals surface area contributed by atoms with Gasteiger partial charge in [0.05, 0.1) is 5.92 Å². The second kappa shape index (κ2) is 3.87. The lowest BCUT2D eigenvalue weighted by atomic mass is 9.61. The fraction of sp³-hybridized carbons (Fsp3) is 0.529. The average Bonchev–Trinajstić information content (AvgIpc) is 3.15. The molecule has 2 aliphatic heterocycles. The maximum Gasteiger partial charge on any atom is 0.260 e. The Balaban J connectivity index is 1.69. The molecule has 6 unspecified atom stereocenters. The molecule has 5 rings (SSSR count). The molecule has 4 nitrogen and oxygen atoms in total. The number of aliphatic imine (C=N–C) groups is 1. The van der Waals surface area contributed by atoms with E-state index >= 15 is 0 Å². The highest BCUT2D eigenvalue weighted by Gasteiger charge is 2.64. The third kappa shape index (κ3) is 1.36. The molecule has 2 fully saturated rings. The van der Waals surface area contributed by atoms with Crippen LogP contribution in [0.3, 0.4) is 0 Å². The molecule has 0 radical (unpaired) electrons. The second-order valence-corrected chi connectivity index (χ2v) is 6.93. The van der Waals surface area contributed by atoms with Gasteiger partial charge in [-0.05, 0) is 5.92 Å². The molecular formula is C17H17N2O2+. The monoisotopic (exact) mass is 281 g/mol. The van der Waals surface area contributed by atoms with Crippen molar-refractivity contribution in [1.29, 1.82) is 0 Å². The van der Waals surface area contributed by atoms with E-state index < -0.39 is 0 Å². The molecule has 2 aliphatic carbocycles. The summed E-state index contributed by atoms with van der Waals surface area (Å²) in [5.74, 6) is 1.91. The van der Waals surface area contributed by atoms with Crippen molar-refractivity contribution in [3.63, 3.8) is 0 Å². The Morgan fingerprint density at radius 1 is 1.10 bits per heavy atom. The number of benzene rings is 1. The molecule has 1 aromatic carbocycles. The topological polar surface area (TPSA) is 49.5 Å². The van der Waals surface area contributed by atoms with Crippen LogP contribution < -0.4 is 0 Å². The van der Waals surface area contributed by atoms with Gasteiger partial charge in [-0.1, -0.05) is 18.2 Å². The molecule has 0 N–H and O–H groups in total. The highest BCUT2D eigenvalue weighted by Crippen LogP contribution is 2.59. The molecule has 0 aromatic heterocycles. The van der Waals surface area contributed by atoms with Gasteiger partial charge in [0, 0.05) is 64.7 Å². The van der Waals surface area contributed by atoms with Gasteiger partial charge in [-0.3, -0.25) is 9.79 Å². The Labute approximate surface area is 122 Å². The van der Waals surface area contributed by atoms with Gasteiger partial charge in [0.25, 0.3) is 5.69 Å². The molecule has 0 bridgehead atoms. The maximum absolute atomic E-state index is 12.8. The first-order chi connectivity index (χ1) is 10.3. The Kier molecular flexibility index (Phi) is 2.17. The molecule has 6 atom stereocenters. The molecule has 21 heavy (non-hydrogen) atoms. The zero-order chi connectivity index (χ0) is 14.1. The van der Waals surface area contributed by atoms with Crippen LogP contribution in [-0.2, 0) is 4.79 Å². The summed E-state index contributed by atoms with van der Waals surface area (Å²) in [6.45, 7) is 0.811. The normalized spacial score (nSPS) is 42.7. The van der Waals surface area contributed by atoms with Crippen LogP contribution in [-0.4, -0.2) is 29.3 Å². The number of fused-ring (bicyclic) bond motifs is 8. The summed E-state index contributed by atoms with van der Waals surface area (Å²) in [5, 5.41) is 0. The zero-order valence-electron chi connectivity index (χ0n) is 11.7.